The van der Waals surface area contributed by atoms with Gasteiger partial charge in [-0.25, -0.2) is 0 Å². The summed E-state index contributed by atoms with van der Waals surface area (Å²) < 4.78 is 0. The lowest BCUT2D eigenvalue weighted by Gasteiger charge is -2.44. The first-order valence-electron chi connectivity index (χ1n) is 7.01. The van der Waals surface area contributed by atoms with E-state index in [9.17, 15) is 0 Å². The molecule has 0 aromatic heterocycles. The Hall–Kier alpha value is -0.0800. The number of hydrogen-bond acceptors (Lipinski definition) is 2. The Kier molecular flexibility index (Phi) is 3.91. The van der Waals surface area contributed by atoms with E-state index >= 15 is 0 Å². The first-order valence-corrected chi connectivity index (χ1v) is 7.01. The number of nitrogens with one attached hydrogen (secondary N) is 1. The average molecular weight is 224 g/mol. The SMILES string of the molecule is CC1CCN(CC2CCNCC2)CC1(C)C. The summed E-state index contributed by atoms with van der Waals surface area (Å²) in [5.41, 5.74) is 0.519. The van der Waals surface area contributed by atoms with Gasteiger partial charge in [-0.1, -0.05) is 20.8 Å². The third-order valence-electron chi connectivity index (χ3n) is 4.82. The van der Waals surface area contributed by atoms with Crippen molar-refractivity contribution in [3.8, 4) is 0 Å². The van der Waals surface area contributed by atoms with Gasteiger partial charge in [0.05, 0.1) is 0 Å². The highest BCUT2D eigenvalue weighted by atomic mass is 15.1. The van der Waals surface area contributed by atoms with Gasteiger partial charge in [-0.2, -0.15) is 0 Å². The van der Waals surface area contributed by atoms with Crippen LogP contribution in [0.4, 0.5) is 0 Å². The minimum absolute atomic E-state index is 0.519. The fourth-order valence-corrected chi connectivity index (χ4v) is 3.16. The van der Waals surface area contributed by atoms with Crippen molar-refractivity contribution in [2.45, 2.75) is 40.0 Å². The van der Waals surface area contributed by atoms with Crippen LogP contribution in [0.25, 0.3) is 0 Å². The molecule has 16 heavy (non-hydrogen) atoms. The van der Waals surface area contributed by atoms with Crippen molar-refractivity contribution in [2.24, 2.45) is 17.3 Å². The largest absolute Gasteiger partial charge is 0.317 e. The van der Waals surface area contributed by atoms with Crippen LogP contribution in [0.1, 0.15) is 40.0 Å². The highest BCUT2D eigenvalue weighted by Crippen LogP contribution is 2.34. The molecule has 0 amide bonds. The van der Waals surface area contributed by atoms with Crippen molar-refractivity contribution in [2.75, 3.05) is 32.7 Å². The first kappa shape index (κ1) is 12.4. The molecule has 2 nitrogen and oxygen atoms in total. The topological polar surface area (TPSA) is 15.3 Å². The summed E-state index contributed by atoms with van der Waals surface area (Å²) in [5, 5.41) is 3.46. The predicted molar refractivity (Wildman–Crippen MR) is 69.6 cm³/mol. The molecule has 2 heteroatoms. The average Bonchev–Trinajstić information content (AvgIpc) is 2.25. The van der Waals surface area contributed by atoms with Crippen LogP contribution >= 0.6 is 0 Å². The molecule has 0 spiro atoms. The standard InChI is InChI=1S/C14H28N2/c1-12-6-9-16(11-14(12,2)3)10-13-4-7-15-8-5-13/h12-13,15H,4-11H2,1-3H3. The van der Waals surface area contributed by atoms with E-state index in [-0.39, 0.29) is 0 Å². The molecule has 0 aromatic carbocycles. The van der Waals surface area contributed by atoms with Crippen LogP contribution in [0.3, 0.4) is 0 Å². The van der Waals surface area contributed by atoms with Crippen LogP contribution in [0, 0.1) is 17.3 Å². The molecule has 2 rings (SSSR count). The second-order valence-electron chi connectivity index (χ2n) is 6.61. The van der Waals surface area contributed by atoms with E-state index in [0.717, 1.165) is 11.8 Å². The van der Waals surface area contributed by atoms with Crippen molar-refractivity contribution >= 4 is 0 Å². The van der Waals surface area contributed by atoms with Gasteiger partial charge in [0.25, 0.3) is 0 Å². The maximum Gasteiger partial charge on any atom is 0.00354 e. The predicted octanol–water partition coefficient (Wildman–Crippen LogP) is 2.35. The maximum absolute atomic E-state index is 3.46. The van der Waals surface area contributed by atoms with E-state index in [1.54, 1.807) is 0 Å². The fraction of sp³-hybridized carbons (Fsp3) is 1.00. The highest BCUT2D eigenvalue weighted by molar-refractivity contribution is 4.86. The molecule has 94 valence electrons. The van der Waals surface area contributed by atoms with E-state index in [0.29, 0.717) is 5.41 Å². The Labute approximate surface area is 101 Å². The van der Waals surface area contributed by atoms with E-state index in [4.69, 9.17) is 0 Å². The van der Waals surface area contributed by atoms with Gasteiger partial charge in [-0.3, -0.25) is 0 Å². The molecule has 0 aromatic rings. The molecule has 2 fully saturated rings. The third kappa shape index (κ3) is 2.98. The summed E-state index contributed by atoms with van der Waals surface area (Å²) in [5.74, 6) is 1.84. The summed E-state index contributed by atoms with van der Waals surface area (Å²) in [6.07, 6.45) is 4.15. The zero-order valence-electron chi connectivity index (χ0n) is 11.3. The lowest BCUT2D eigenvalue weighted by Crippen LogP contribution is -2.47. The maximum atomic E-state index is 3.46. The van der Waals surface area contributed by atoms with Crippen LogP contribution in [-0.4, -0.2) is 37.6 Å². The summed E-state index contributed by atoms with van der Waals surface area (Å²) in [7, 11) is 0. The summed E-state index contributed by atoms with van der Waals surface area (Å²) >= 11 is 0. The molecule has 0 radical (unpaired) electrons. The van der Waals surface area contributed by atoms with Crippen molar-refractivity contribution in [1.82, 2.24) is 10.2 Å². The zero-order valence-corrected chi connectivity index (χ0v) is 11.3. The number of likely N-dealkylation sites (tertiary alicyclic amines) is 1. The van der Waals surface area contributed by atoms with Crippen molar-refractivity contribution in [3.63, 3.8) is 0 Å². The van der Waals surface area contributed by atoms with Gasteiger partial charge < -0.3 is 10.2 Å². The molecule has 1 unspecified atom stereocenters. The molecule has 1 atom stereocenters. The van der Waals surface area contributed by atoms with Crippen molar-refractivity contribution in [1.29, 1.82) is 0 Å². The highest BCUT2D eigenvalue weighted by Gasteiger charge is 2.33. The quantitative estimate of drug-likeness (QED) is 0.774. The summed E-state index contributed by atoms with van der Waals surface area (Å²) in [6, 6.07) is 0. The minimum Gasteiger partial charge on any atom is -0.317 e. The molecule has 0 saturated carbocycles. The number of piperidine rings is 2. The Morgan fingerprint density at radius 2 is 1.88 bits per heavy atom. The summed E-state index contributed by atoms with van der Waals surface area (Å²) in [6.45, 7) is 13.7. The van der Waals surface area contributed by atoms with E-state index in [1.807, 2.05) is 0 Å². The summed E-state index contributed by atoms with van der Waals surface area (Å²) in [4.78, 5) is 2.72. The minimum atomic E-state index is 0.519. The molecule has 2 aliphatic rings. The van der Waals surface area contributed by atoms with Crippen LogP contribution in [0.15, 0.2) is 0 Å². The first-order chi connectivity index (χ1) is 7.58. The molecule has 2 saturated heterocycles. The second kappa shape index (κ2) is 5.05. The van der Waals surface area contributed by atoms with Gasteiger partial charge in [0.2, 0.25) is 0 Å². The number of rotatable bonds is 2. The molecule has 2 aliphatic heterocycles. The molecule has 0 bridgehead atoms. The monoisotopic (exact) mass is 224 g/mol. The normalized spacial score (nSPS) is 32.8. The Morgan fingerprint density at radius 1 is 1.19 bits per heavy atom. The van der Waals surface area contributed by atoms with Gasteiger partial charge in [0.1, 0.15) is 0 Å². The Morgan fingerprint density at radius 3 is 2.50 bits per heavy atom. The van der Waals surface area contributed by atoms with Gasteiger partial charge in [0, 0.05) is 13.1 Å². The zero-order chi connectivity index (χ0) is 11.6. The Bertz CT molecular complexity index is 219. The van der Waals surface area contributed by atoms with Crippen molar-refractivity contribution < 1.29 is 0 Å². The molecule has 1 N–H and O–H groups in total. The van der Waals surface area contributed by atoms with Crippen LogP contribution < -0.4 is 5.32 Å². The Balaban J connectivity index is 1.81. The van der Waals surface area contributed by atoms with Gasteiger partial charge in [0.15, 0.2) is 0 Å². The van der Waals surface area contributed by atoms with E-state index in [1.165, 1.54) is 52.0 Å². The number of hydrogen-bond donors (Lipinski definition) is 1. The van der Waals surface area contributed by atoms with Crippen molar-refractivity contribution in [3.05, 3.63) is 0 Å². The lowest BCUT2D eigenvalue weighted by molar-refractivity contribution is 0.0507. The third-order valence-corrected chi connectivity index (χ3v) is 4.82. The second-order valence-corrected chi connectivity index (χ2v) is 6.61. The van der Waals surface area contributed by atoms with Crippen LogP contribution in [-0.2, 0) is 0 Å². The smallest absolute Gasteiger partial charge is 0.00354 e. The fourth-order valence-electron chi connectivity index (χ4n) is 3.16. The molecule has 0 aliphatic carbocycles. The molecular formula is C14H28N2. The van der Waals surface area contributed by atoms with Crippen LogP contribution in [0.5, 0.6) is 0 Å². The van der Waals surface area contributed by atoms with Crippen LogP contribution in [0.2, 0.25) is 0 Å². The number of nitrogens with zero attached hydrogens (tertiary/aromatic N) is 1. The van der Waals surface area contributed by atoms with E-state index < -0.39 is 0 Å². The molecular weight excluding hydrogens is 196 g/mol. The van der Waals surface area contributed by atoms with Gasteiger partial charge in [-0.05, 0) is 56.1 Å². The van der Waals surface area contributed by atoms with Gasteiger partial charge in [-0.15, -0.1) is 0 Å². The molecule has 2 heterocycles. The van der Waals surface area contributed by atoms with E-state index in [2.05, 4.69) is 31.0 Å². The lowest BCUT2D eigenvalue weighted by atomic mass is 9.75. The van der Waals surface area contributed by atoms with Gasteiger partial charge >= 0.3 is 0 Å².